The fourth-order valence-corrected chi connectivity index (χ4v) is 0.226. The van der Waals surface area contributed by atoms with Crippen LogP contribution in [0.4, 0.5) is 0 Å². The van der Waals surface area contributed by atoms with Crippen molar-refractivity contribution in [1.29, 1.82) is 0 Å². The summed E-state index contributed by atoms with van der Waals surface area (Å²) in [4.78, 5) is 10.2. The normalized spacial score (nSPS) is 32.3. The number of nitrogens with one attached hydrogen (secondary N) is 3. The highest BCUT2D eigenvalue weighted by atomic mass is 16.2. The van der Waals surface area contributed by atoms with E-state index in [-0.39, 0.29) is 12.5 Å². The fraction of sp³-hybridized carbons (Fsp3) is 0.500. The summed E-state index contributed by atoms with van der Waals surface area (Å²) in [6.07, 6.45) is 0. The molecule has 1 saturated heterocycles. The smallest absolute Gasteiger partial charge is 0.250 e. The second-order valence-electron chi connectivity index (χ2n) is 0.935. The molecule has 0 atom stereocenters. The maximum absolute atomic E-state index is 10.2. The minimum atomic E-state index is -0.324. The topological polar surface area (TPSA) is 53.2 Å². The Morgan fingerprint density at radius 1 is 2.00 bits per heavy atom. The van der Waals surface area contributed by atoms with Crippen molar-refractivity contribution in [2.45, 2.75) is 0 Å². The quantitative estimate of drug-likeness (QED) is 0.326. The molecule has 1 amide bonds. The van der Waals surface area contributed by atoms with Gasteiger partial charge in [0.25, 0.3) is 5.91 Å². The summed E-state index contributed by atoms with van der Waals surface area (Å²) in [5, 5.41) is 0. The molecule has 6 heavy (non-hydrogen) atoms. The zero-order valence-corrected chi connectivity index (χ0v) is 3.01. The third-order valence-electron chi connectivity index (χ3n) is 0.460. The molecule has 1 fully saturated rings. The number of hydrazine groups is 2. The summed E-state index contributed by atoms with van der Waals surface area (Å²) in [6, 6.07) is 0. The molecule has 1 aliphatic heterocycles. The lowest BCUT2D eigenvalue weighted by molar-refractivity contribution is -0.118. The summed E-state index contributed by atoms with van der Waals surface area (Å²) in [6.45, 7) is -0.0521. The van der Waals surface area contributed by atoms with Crippen LogP contribution < -0.4 is 16.4 Å². The molecular weight excluding hydrogens is 82.0 g/mol. The van der Waals surface area contributed by atoms with E-state index in [0.29, 0.717) is 10.9 Å². The lowest BCUT2D eigenvalue weighted by Crippen LogP contribution is -2.31. The van der Waals surface area contributed by atoms with Crippen LogP contribution in [-0.2, 0) is 4.79 Å². The largest absolute Gasteiger partial charge is 0.277 e. The van der Waals surface area contributed by atoms with Crippen molar-refractivity contribution in [3.63, 3.8) is 0 Å². The zero-order valence-electron chi connectivity index (χ0n) is 5.01. The minimum Gasteiger partial charge on any atom is -0.277 e. The molecule has 34 valence electrons. The highest BCUT2D eigenvalue weighted by Crippen LogP contribution is 1.60. The number of hydrogen-bond donors (Lipinski definition) is 3. The first kappa shape index (κ1) is 1.90. The molecule has 1 rings (SSSR count). The molecule has 0 spiro atoms. The van der Waals surface area contributed by atoms with Gasteiger partial charge in [-0.2, -0.15) is 5.53 Å². The van der Waals surface area contributed by atoms with E-state index in [1.54, 1.807) is 0 Å². The summed E-state index contributed by atoms with van der Waals surface area (Å²) in [5.74, 6) is -0.324. The molecule has 0 saturated carbocycles. The van der Waals surface area contributed by atoms with Crippen LogP contribution in [0.15, 0.2) is 0 Å². The van der Waals surface area contributed by atoms with Gasteiger partial charge >= 0.3 is 0 Å². The van der Waals surface area contributed by atoms with Crippen molar-refractivity contribution in [3.05, 3.63) is 0 Å². The van der Waals surface area contributed by atoms with Crippen molar-refractivity contribution >= 4 is 5.91 Å². The van der Waals surface area contributed by atoms with E-state index in [2.05, 4.69) is 5.43 Å². The summed E-state index contributed by atoms with van der Waals surface area (Å²) in [7, 11) is 0. The Labute approximate surface area is 37.8 Å². The predicted octanol–water partition coefficient (Wildman–Crippen LogP) is -1.87. The highest BCUT2D eigenvalue weighted by molar-refractivity contribution is 5.78. The van der Waals surface area contributed by atoms with Crippen LogP contribution in [0.5, 0.6) is 0 Å². The van der Waals surface area contributed by atoms with Gasteiger partial charge in [0.2, 0.25) is 0 Å². The second-order valence-corrected chi connectivity index (χ2v) is 0.935. The molecule has 1 heterocycles. The maximum atomic E-state index is 10.2. The molecule has 4 nitrogen and oxygen atoms in total. The number of hydrogen-bond acceptors (Lipinski definition) is 3. The van der Waals surface area contributed by atoms with Gasteiger partial charge in [-0.25, -0.2) is 5.42 Å². The van der Waals surface area contributed by atoms with Crippen molar-refractivity contribution in [2.75, 3.05) is 6.54 Å². The summed E-state index contributed by atoms with van der Waals surface area (Å²) < 4.78 is 13.5. The number of carbonyl (C=O) groups excluding carboxylic acids is 1. The van der Waals surface area contributed by atoms with E-state index in [4.69, 9.17) is 2.82 Å². The number of carbonyl (C=O) groups is 1. The van der Waals surface area contributed by atoms with Gasteiger partial charge in [0, 0.05) is 0 Å². The molecule has 0 aromatic rings. The van der Waals surface area contributed by atoms with E-state index >= 15 is 0 Å². The van der Waals surface area contributed by atoms with Crippen molar-refractivity contribution < 1.29 is 7.62 Å². The van der Waals surface area contributed by atoms with E-state index in [9.17, 15) is 4.79 Å². The Morgan fingerprint density at radius 2 is 2.83 bits per heavy atom. The maximum Gasteiger partial charge on any atom is 0.250 e. The van der Waals surface area contributed by atoms with Gasteiger partial charge < -0.3 is 0 Å². The van der Waals surface area contributed by atoms with E-state index in [1.165, 1.54) is 0 Å². The summed E-state index contributed by atoms with van der Waals surface area (Å²) >= 11 is 0. The SMILES string of the molecule is [2H]N1CC(=O)NN1[2H]. The molecule has 3 N–H and O–H groups in total. The van der Waals surface area contributed by atoms with Crippen LogP contribution in [-0.4, -0.2) is 12.5 Å². The fourth-order valence-electron chi connectivity index (χ4n) is 0.226. The first-order valence-electron chi connectivity index (χ1n) is 2.44. The first-order chi connectivity index (χ1) is 3.70. The Kier molecular flexibility index (Phi) is 0.392. The molecule has 4 heteroatoms. The predicted molar refractivity (Wildman–Crippen MR) is 19.3 cm³/mol. The molecule has 0 aromatic heterocycles. The van der Waals surface area contributed by atoms with Gasteiger partial charge in [-0.1, -0.05) is 0 Å². The van der Waals surface area contributed by atoms with Crippen LogP contribution in [0, 0.1) is 0 Å². The lowest BCUT2D eigenvalue weighted by Gasteiger charge is -1.82. The molecule has 0 bridgehead atoms. The van der Waals surface area contributed by atoms with Gasteiger partial charge in [-0.05, 0) is 0 Å². The molecule has 0 aliphatic carbocycles. The third-order valence-corrected chi connectivity index (χ3v) is 0.460. The minimum absolute atomic E-state index is 0.0521. The number of amides is 1. The van der Waals surface area contributed by atoms with Gasteiger partial charge in [0.1, 0.15) is 1.41 Å². The second kappa shape index (κ2) is 1.24. The number of rotatable bonds is 0. The zero-order chi connectivity index (χ0) is 6.15. The van der Waals surface area contributed by atoms with Crippen molar-refractivity contribution in [2.24, 2.45) is 0 Å². The molecular formula is C2H5N3O. The van der Waals surface area contributed by atoms with Gasteiger partial charge in [-0.15, -0.1) is 0 Å². The molecule has 0 radical (unpaired) electrons. The lowest BCUT2D eigenvalue weighted by atomic mass is 10.7. The first-order valence-corrected chi connectivity index (χ1v) is 1.55. The van der Waals surface area contributed by atoms with Gasteiger partial charge in [0.15, 0.2) is 1.41 Å². The van der Waals surface area contributed by atoms with Crippen LogP contribution in [0.3, 0.4) is 0 Å². The molecule has 0 aromatic carbocycles. The van der Waals surface area contributed by atoms with E-state index in [0.717, 1.165) is 0 Å². The van der Waals surface area contributed by atoms with E-state index in [1.807, 2.05) is 0 Å². The van der Waals surface area contributed by atoms with Crippen LogP contribution >= 0.6 is 0 Å². The Bertz CT molecular complexity index is 106. The third kappa shape index (κ3) is 0.474. The Hall–Kier alpha value is -0.610. The Balaban J connectivity index is 2.51. The highest BCUT2D eigenvalue weighted by Gasteiger charge is 2.03. The molecule has 0 unspecified atom stereocenters. The van der Waals surface area contributed by atoms with E-state index < -0.39 is 0 Å². The average molecular weight is 89.1 g/mol. The van der Waals surface area contributed by atoms with Gasteiger partial charge in [-0.3, -0.25) is 10.2 Å². The van der Waals surface area contributed by atoms with Crippen LogP contribution in [0.25, 0.3) is 0 Å². The van der Waals surface area contributed by atoms with Crippen molar-refractivity contribution in [1.82, 2.24) is 16.4 Å². The Morgan fingerprint density at radius 3 is 3.00 bits per heavy atom. The summed E-state index contributed by atoms with van der Waals surface area (Å²) in [5.41, 5.74) is 3.35. The average Bonchev–Trinajstić information content (AvgIpc) is 1.85. The monoisotopic (exact) mass is 89.1 g/mol. The van der Waals surface area contributed by atoms with Crippen LogP contribution in [0.2, 0.25) is 2.82 Å². The standard InChI is InChI=1S/C2H5N3O/c6-2-1-3-5-4-2/h3,5H,1H2,(H,4,6)/i/hD2. The van der Waals surface area contributed by atoms with Gasteiger partial charge in [0.05, 0.1) is 6.54 Å². The molecule has 1 aliphatic rings. The van der Waals surface area contributed by atoms with Crippen molar-refractivity contribution in [3.8, 4) is 0 Å². The van der Waals surface area contributed by atoms with Crippen LogP contribution in [0.1, 0.15) is 0 Å².